The zero-order chi connectivity index (χ0) is 24.8. The fourth-order valence-corrected chi connectivity index (χ4v) is 4.49. The first-order chi connectivity index (χ1) is 15.8. The normalized spacial score (nSPS) is 17.4. The number of fused-ring (bicyclic) bond motifs is 1. The minimum atomic E-state index is -4.97. The van der Waals surface area contributed by atoms with E-state index >= 15 is 0 Å². The van der Waals surface area contributed by atoms with Gasteiger partial charge in [0, 0.05) is 37.3 Å². The molecule has 1 saturated heterocycles. The Hall–Kier alpha value is -2.73. The molecular formula is C21H22ClF3N4O4S. The first-order valence-corrected chi connectivity index (χ1v) is 11.6. The SMILES string of the molecule is CC1CN(C(=O)OC(C)(C)C)CCN1c1nc2c(OC(F)(F)F)c(Cl)cc(-c3nccs3)c2o1. The Kier molecular flexibility index (Phi) is 6.32. The Morgan fingerprint density at radius 3 is 2.62 bits per heavy atom. The minimum absolute atomic E-state index is 0.0790. The zero-order valence-electron chi connectivity index (χ0n) is 18.8. The molecule has 4 rings (SSSR count). The number of aromatic nitrogens is 2. The predicted molar refractivity (Wildman–Crippen MR) is 121 cm³/mol. The Morgan fingerprint density at radius 1 is 1.29 bits per heavy atom. The van der Waals surface area contributed by atoms with Crippen LogP contribution in [0, 0.1) is 0 Å². The van der Waals surface area contributed by atoms with Crippen molar-refractivity contribution in [3.05, 3.63) is 22.7 Å². The van der Waals surface area contributed by atoms with Crippen LogP contribution in [-0.4, -0.2) is 58.6 Å². The summed E-state index contributed by atoms with van der Waals surface area (Å²) in [5.41, 5.74) is -0.302. The number of anilines is 1. The van der Waals surface area contributed by atoms with Crippen molar-refractivity contribution in [1.29, 1.82) is 0 Å². The predicted octanol–water partition coefficient (Wildman–Crippen LogP) is 5.95. The third kappa shape index (κ3) is 5.17. The van der Waals surface area contributed by atoms with Crippen molar-refractivity contribution >= 4 is 46.1 Å². The summed E-state index contributed by atoms with van der Waals surface area (Å²) in [5.74, 6) is -0.639. The van der Waals surface area contributed by atoms with Crippen molar-refractivity contribution < 1.29 is 31.9 Å². The van der Waals surface area contributed by atoms with Crippen LogP contribution >= 0.6 is 22.9 Å². The molecule has 0 saturated carbocycles. The average Bonchev–Trinajstić information content (AvgIpc) is 3.38. The van der Waals surface area contributed by atoms with E-state index < -0.39 is 23.8 Å². The number of rotatable bonds is 3. The summed E-state index contributed by atoms with van der Waals surface area (Å²) in [6.07, 6.45) is -3.84. The first-order valence-electron chi connectivity index (χ1n) is 10.4. The van der Waals surface area contributed by atoms with Crippen LogP contribution in [-0.2, 0) is 4.74 Å². The number of thiazole rings is 1. The largest absolute Gasteiger partial charge is 0.573 e. The summed E-state index contributed by atoms with van der Waals surface area (Å²) < 4.78 is 54.8. The first kappa shape index (κ1) is 24.4. The summed E-state index contributed by atoms with van der Waals surface area (Å²) in [7, 11) is 0. The molecule has 1 unspecified atom stereocenters. The van der Waals surface area contributed by atoms with Gasteiger partial charge in [0.1, 0.15) is 10.6 Å². The van der Waals surface area contributed by atoms with Crippen molar-refractivity contribution in [3.63, 3.8) is 0 Å². The maximum absolute atomic E-state index is 13.1. The third-order valence-electron chi connectivity index (χ3n) is 4.97. The van der Waals surface area contributed by atoms with Crippen LogP contribution in [0.3, 0.4) is 0 Å². The van der Waals surface area contributed by atoms with Crippen LogP contribution in [0.5, 0.6) is 5.75 Å². The molecule has 13 heteroatoms. The maximum Gasteiger partial charge on any atom is 0.573 e. The van der Waals surface area contributed by atoms with E-state index in [-0.39, 0.29) is 28.2 Å². The summed E-state index contributed by atoms with van der Waals surface area (Å²) in [6.45, 7) is 8.19. The van der Waals surface area contributed by atoms with Crippen LogP contribution in [0.1, 0.15) is 27.7 Å². The van der Waals surface area contributed by atoms with E-state index in [1.165, 1.54) is 17.4 Å². The summed E-state index contributed by atoms with van der Waals surface area (Å²) in [5, 5.41) is 1.97. The van der Waals surface area contributed by atoms with Crippen LogP contribution in [0.25, 0.3) is 21.7 Å². The van der Waals surface area contributed by atoms with Crippen LogP contribution in [0.2, 0.25) is 5.02 Å². The van der Waals surface area contributed by atoms with E-state index in [1.54, 1.807) is 42.1 Å². The molecule has 0 N–H and O–H groups in total. The monoisotopic (exact) mass is 518 g/mol. The van der Waals surface area contributed by atoms with Crippen molar-refractivity contribution in [3.8, 4) is 16.3 Å². The lowest BCUT2D eigenvalue weighted by molar-refractivity contribution is -0.274. The van der Waals surface area contributed by atoms with Gasteiger partial charge >= 0.3 is 12.5 Å². The topological polar surface area (TPSA) is 80.9 Å². The summed E-state index contributed by atoms with van der Waals surface area (Å²) in [4.78, 5) is 24.3. The second-order valence-corrected chi connectivity index (χ2v) is 10.1. The number of carbonyl (C=O) groups excluding carboxylic acids is 1. The highest BCUT2D eigenvalue weighted by Crippen LogP contribution is 2.44. The van der Waals surface area contributed by atoms with E-state index in [0.717, 1.165) is 0 Å². The third-order valence-corrected chi connectivity index (χ3v) is 6.06. The molecule has 0 radical (unpaired) electrons. The van der Waals surface area contributed by atoms with E-state index in [1.807, 2.05) is 6.92 Å². The van der Waals surface area contributed by atoms with Gasteiger partial charge in [-0.2, -0.15) is 4.98 Å². The zero-order valence-corrected chi connectivity index (χ0v) is 20.3. The van der Waals surface area contributed by atoms with Crippen LogP contribution in [0.15, 0.2) is 22.1 Å². The molecular weight excluding hydrogens is 497 g/mol. The summed E-state index contributed by atoms with van der Waals surface area (Å²) in [6, 6.07) is 1.17. The smallest absolute Gasteiger partial charge is 0.444 e. The number of oxazole rings is 1. The Bertz CT molecular complexity index is 1190. The number of alkyl halides is 3. The lowest BCUT2D eigenvalue weighted by atomic mass is 10.2. The molecule has 1 amide bonds. The van der Waals surface area contributed by atoms with E-state index in [0.29, 0.717) is 30.2 Å². The van der Waals surface area contributed by atoms with Gasteiger partial charge in [-0.25, -0.2) is 9.78 Å². The highest BCUT2D eigenvalue weighted by atomic mass is 35.5. The second kappa shape index (κ2) is 8.81. The Labute approximate surface area is 202 Å². The van der Waals surface area contributed by atoms with E-state index in [2.05, 4.69) is 14.7 Å². The lowest BCUT2D eigenvalue weighted by Crippen LogP contribution is -2.54. The quantitative estimate of drug-likeness (QED) is 0.424. The standard InChI is InChI=1S/C21H22ClF3N4O4S/c1-11-10-28(19(30)33-20(2,3)4)6-7-29(11)18-27-14-15(31-18)12(17-26-5-8-34-17)9-13(22)16(14)32-21(23,24)25/h5,8-9,11H,6-7,10H2,1-4H3. The fourth-order valence-electron chi connectivity index (χ4n) is 3.60. The molecule has 1 aromatic carbocycles. The van der Waals surface area contributed by atoms with Crippen molar-refractivity contribution in [2.75, 3.05) is 24.5 Å². The number of piperazine rings is 1. The summed E-state index contributed by atoms with van der Waals surface area (Å²) >= 11 is 7.44. The molecule has 0 bridgehead atoms. The number of hydrogen-bond acceptors (Lipinski definition) is 8. The van der Waals surface area contributed by atoms with Gasteiger partial charge in [-0.3, -0.25) is 0 Å². The lowest BCUT2D eigenvalue weighted by Gasteiger charge is -2.39. The number of carbonyl (C=O) groups is 1. The number of nitrogens with zero attached hydrogens (tertiary/aromatic N) is 4. The molecule has 1 atom stereocenters. The number of halogens is 4. The molecule has 1 aliphatic rings. The highest BCUT2D eigenvalue weighted by molar-refractivity contribution is 7.13. The van der Waals surface area contributed by atoms with Crippen molar-refractivity contribution in [2.45, 2.75) is 45.7 Å². The van der Waals surface area contributed by atoms with E-state index in [9.17, 15) is 18.0 Å². The Balaban J connectivity index is 1.69. The van der Waals surface area contributed by atoms with Crippen molar-refractivity contribution in [2.24, 2.45) is 0 Å². The van der Waals surface area contributed by atoms with Gasteiger partial charge in [0.15, 0.2) is 16.8 Å². The Morgan fingerprint density at radius 2 is 2.03 bits per heavy atom. The van der Waals surface area contributed by atoms with Gasteiger partial charge in [0.2, 0.25) is 0 Å². The number of hydrogen-bond donors (Lipinski definition) is 0. The van der Waals surface area contributed by atoms with E-state index in [4.69, 9.17) is 20.8 Å². The number of amides is 1. The van der Waals surface area contributed by atoms with Gasteiger partial charge in [0.25, 0.3) is 6.01 Å². The van der Waals surface area contributed by atoms with Crippen molar-refractivity contribution in [1.82, 2.24) is 14.9 Å². The van der Waals surface area contributed by atoms with Crippen LogP contribution < -0.4 is 9.64 Å². The molecule has 8 nitrogen and oxygen atoms in total. The van der Waals surface area contributed by atoms with Gasteiger partial charge in [-0.1, -0.05) is 11.6 Å². The fraction of sp³-hybridized carbons (Fsp3) is 0.476. The molecule has 2 aromatic heterocycles. The molecule has 1 fully saturated rings. The van der Waals surface area contributed by atoms with Gasteiger partial charge in [-0.05, 0) is 33.8 Å². The molecule has 1 aliphatic heterocycles. The molecule has 0 aliphatic carbocycles. The van der Waals surface area contributed by atoms with Gasteiger partial charge in [-0.15, -0.1) is 24.5 Å². The average molecular weight is 519 g/mol. The molecule has 34 heavy (non-hydrogen) atoms. The highest BCUT2D eigenvalue weighted by Gasteiger charge is 2.36. The van der Waals surface area contributed by atoms with Crippen LogP contribution in [0.4, 0.5) is 24.0 Å². The number of benzene rings is 1. The molecule has 3 heterocycles. The molecule has 184 valence electrons. The molecule has 3 aromatic rings. The second-order valence-electron chi connectivity index (χ2n) is 8.76. The molecule has 0 spiro atoms. The van der Waals surface area contributed by atoms with Gasteiger partial charge in [0.05, 0.1) is 10.6 Å². The van der Waals surface area contributed by atoms with Gasteiger partial charge < -0.3 is 23.7 Å². The number of ether oxygens (including phenoxy) is 2. The maximum atomic E-state index is 13.1. The minimum Gasteiger partial charge on any atom is -0.444 e.